The predicted molar refractivity (Wildman–Crippen MR) is 107 cm³/mol. The van der Waals surface area contributed by atoms with Gasteiger partial charge in [-0.25, -0.2) is 26.9 Å². The highest BCUT2D eigenvalue weighted by molar-refractivity contribution is 7.88. The first-order chi connectivity index (χ1) is 13.1. The minimum atomic E-state index is -3.27. The molecule has 10 heteroatoms. The van der Waals surface area contributed by atoms with E-state index in [1.807, 2.05) is 38.1 Å². The van der Waals surface area contributed by atoms with E-state index in [2.05, 4.69) is 15.3 Å². The first-order valence-corrected chi connectivity index (χ1v) is 11.0. The number of rotatable bonds is 5. The van der Waals surface area contributed by atoms with E-state index in [0.717, 1.165) is 21.9 Å². The van der Waals surface area contributed by atoms with Crippen LogP contribution in [0.4, 0.5) is 5.95 Å². The second-order valence-electron chi connectivity index (χ2n) is 7.22. The summed E-state index contributed by atoms with van der Waals surface area (Å²) in [6.45, 7) is 4.47. The van der Waals surface area contributed by atoms with Gasteiger partial charge in [-0.3, -0.25) is 4.98 Å². The summed E-state index contributed by atoms with van der Waals surface area (Å²) in [4.78, 5) is 31.6. The van der Waals surface area contributed by atoms with E-state index in [0.29, 0.717) is 12.8 Å². The maximum absolute atomic E-state index is 12.5. The Kier molecular flexibility index (Phi) is 5.71. The fraction of sp³-hybridized carbons (Fsp3) is 0.500. The summed E-state index contributed by atoms with van der Waals surface area (Å²) in [5.74, 6) is 0.119. The lowest BCUT2D eigenvalue weighted by Crippen LogP contribution is -2.45. The van der Waals surface area contributed by atoms with Gasteiger partial charge in [0.05, 0.1) is 12.3 Å². The third kappa shape index (κ3) is 4.50. The highest BCUT2D eigenvalue weighted by Gasteiger charge is 2.27. The lowest BCUT2D eigenvalue weighted by Gasteiger charge is -2.30. The average molecular weight is 407 g/mol. The summed E-state index contributed by atoms with van der Waals surface area (Å²) in [5, 5.41) is 3.06. The quantitative estimate of drug-likeness (QED) is 0.764. The minimum Gasteiger partial charge on any atom is -0.349 e. The molecule has 1 aromatic heterocycles. The van der Waals surface area contributed by atoms with Crippen LogP contribution in [-0.2, 0) is 10.0 Å². The number of hydrogen-bond acceptors (Lipinski definition) is 6. The second-order valence-corrected chi connectivity index (χ2v) is 9.20. The molecule has 1 aliphatic rings. The molecule has 152 valence electrons. The first-order valence-electron chi connectivity index (χ1n) is 9.16. The fourth-order valence-electron chi connectivity index (χ4n) is 3.48. The van der Waals surface area contributed by atoms with Crippen LogP contribution in [0.15, 0.2) is 33.9 Å². The van der Waals surface area contributed by atoms with Gasteiger partial charge in [0, 0.05) is 19.1 Å². The Labute approximate surface area is 163 Å². The zero-order chi connectivity index (χ0) is 20.5. The SMILES string of the molecule is Cc1cccc([C@H](C)Nc2nc(=O)n(C3CCN(S(C)(=O)=O)CC3)c(=O)[nH]2)c1. The third-order valence-corrected chi connectivity index (χ3v) is 6.31. The maximum Gasteiger partial charge on any atom is 0.355 e. The van der Waals surface area contributed by atoms with Gasteiger partial charge in [-0.1, -0.05) is 29.8 Å². The number of nitrogens with one attached hydrogen (secondary N) is 2. The van der Waals surface area contributed by atoms with Crippen molar-refractivity contribution in [3.05, 3.63) is 56.4 Å². The Bertz CT molecular complexity index is 1040. The topological polar surface area (TPSA) is 117 Å². The van der Waals surface area contributed by atoms with Crippen molar-refractivity contribution >= 4 is 16.0 Å². The van der Waals surface area contributed by atoms with Crippen molar-refractivity contribution in [1.82, 2.24) is 18.8 Å². The van der Waals surface area contributed by atoms with Gasteiger partial charge in [0.1, 0.15) is 0 Å². The molecule has 1 aromatic carbocycles. The summed E-state index contributed by atoms with van der Waals surface area (Å²) < 4.78 is 25.7. The monoisotopic (exact) mass is 407 g/mol. The summed E-state index contributed by atoms with van der Waals surface area (Å²) in [7, 11) is -3.27. The van der Waals surface area contributed by atoms with Crippen LogP contribution >= 0.6 is 0 Å². The molecule has 9 nitrogen and oxygen atoms in total. The number of sulfonamides is 1. The molecule has 2 N–H and O–H groups in total. The van der Waals surface area contributed by atoms with Crippen molar-refractivity contribution in [2.75, 3.05) is 24.7 Å². The van der Waals surface area contributed by atoms with Crippen molar-refractivity contribution in [2.24, 2.45) is 0 Å². The van der Waals surface area contributed by atoms with Gasteiger partial charge in [-0.05, 0) is 32.3 Å². The maximum atomic E-state index is 12.5. The highest BCUT2D eigenvalue weighted by atomic mass is 32.2. The molecule has 0 spiro atoms. The van der Waals surface area contributed by atoms with Crippen LogP contribution in [0.5, 0.6) is 0 Å². The lowest BCUT2D eigenvalue weighted by molar-refractivity contribution is 0.264. The Morgan fingerprint density at radius 3 is 2.50 bits per heavy atom. The molecule has 1 fully saturated rings. The van der Waals surface area contributed by atoms with E-state index in [1.54, 1.807) is 0 Å². The molecule has 1 atom stereocenters. The first kappa shape index (κ1) is 20.3. The number of anilines is 1. The van der Waals surface area contributed by atoms with Gasteiger partial charge in [-0.2, -0.15) is 4.98 Å². The van der Waals surface area contributed by atoms with Crippen molar-refractivity contribution in [1.29, 1.82) is 0 Å². The van der Waals surface area contributed by atoms with Gasteiger partial charge >= 0.3 is 11.4 Å². The summed E-state index contributed by atoms with van der Waals surface area (Å²) in [5.41, 5.74) is 0.945. The number of aromatic nitrogens is 3. The molecule has 0 radical (unpaired) electrons. The average Bonchev–Trinajstić information content (AvgIpc) is 2.61. The molecule has 28 heavy (non-hydrogen) atoms. The largest absolute Gasteiger partial charge is 0.355 e. The van der Waals surface area contributed by atoms with E-state index >= 15 is 0 Å². The zero-order valence-electron chi connectivity index (χ0n) is 16.2. The van der Waals surface area contributed by atoms with Gasteiger partial charge < -0.3 is 5.32 Å². The van der Waals surface area contributed by atoms with E-state index in [1.165, 1.54) is 4.31 Å². The van der Waals surface area contributed by atoms with Gasteiger partial charge in [-0.15, -0.1) is 0 Å². The summed E-state index contributed by atoms with van der Waals surface area (Å²) in [6, 6.07) is 7.40. The van der Waals surface area contributed by atoms with Gasteiger partial charge in [0.15, 0.2) is 0 Å². The molecule has 0 unspecified atom stereocenters. The number of piperidine rings is 1. The highest BCUT2D eigenvalue weighted by Crippen LogP contribution is 2.21. The van der Waals surface area contributed by atoms with E-state index in [9.17, 15) is 18.0 Å². The minimum absolute atomic E-state index is 0.119. The molecule has 0 aliphatic carbocycles. The van der Waals surface area contributed by atoms with Crippen LogP contribution in [0.25, 0.3) is 0 Å². The summed E-state index contributed by atoms with van der Waals surface area (Å²) in [6.07, 6.45) is 1.94. The van der Waals surface area contributed by atoms with Crippen molar-refractivity contribution in [3.8, 4) is 0 Å². The Hall–Kier alpha value is -2.46. The smallest absolute Gasteiger partial charge is 0.349 e. The number of aryl methyl sites for hydroxylation is 1. The van der Waals surface area contributed by atoms with Crippen LogP contribution < -0.4 is 16.7 Å². The van der Waals surface area contributed by atoms with Crippen molar-refractivity contribution in [2.45, 2.75) is 38.8 Å². The molecule has 1 saturated heterocycles. The van der Waals surface area contributed by atoms with Gasteiger partial charge in [0.25, 0.3) is 0 Å². The predicted octanol–water partition coefficient (Wildman–Crippen LogP) is 1.01. The van der Waals surface area contributed by atoms with Crippen LogP contribution in [0, 0.1) is 6.92 Å². The molecule has 2 heterocycles. The van der Waals surface area contributed by atoms with Crippen LogP contribution in [0.2, 0.25) is 0 Å². The number of benzene rings is 1. The lowest BCUT2D eigenvalue weighted by atomic mass is 10.1. The Balaban J connectivity index is 1.77. The van der Waals surface area contributed by atoms with Gasteiger partial charge in [0.2, 0.25) is 16.0 Å². The van der Waals surface area contributed by atoms with E-state index in [-0.39, 0.29) is 31.1 Å². The fourth-order valence-corrected chi connectivity index (χ4v) is 4.35. The van der Waals surface area contributed by atoms with Crippen LogP contribution in [0.1, 0.15) is 43.0 Å². The molecule has 0 saturated carbocycles. The molecular weight excluding hydrogens is 382 g/mol. The Morgan fingerprint density at radius 2 is 1.93 bits per heavy atom. The zero-order valence-corrected chi connectivity index (χ0v) is 17.0. The number of hydrogen-bond donors (Lipinski definition) is 2. The van der Waals surface area contributed by atoms with E-state index < -0.39 is 21.4 Å². The molecule has 0 bridgehead atoms. The summed E-state index contributed by atoms with van der Waals surface area (Å²) >= 11 is 0. The van der Waals surface area contributed by atoms with Crippen molar-refractivity contribution in [3.63, 3.8) is 0 Å². The molecule has 3 rings (SSSR count). The number of aromatic amines is 1. The standard InChI is InChI=1S/C18H25N5O4S/c1-12-5-4-6-14(11-12)13(2)19-16-20-17(24)23(18(25)21-16)15-7-9-22(10-8-15)28(3,26)27/h4-6,11,13,15H,7-10H2,1-3H3,(H2,19,20,21,24,25)/t13-/m0/s1. The van der Waals surface area contributed by atoms with Crippen molar-refractivity contribution < 1.29 is 8.42 Å². The third-order valence-electron chi connectivity index (χ3n) is 5.01. The van der Waals surface area contributed by atoms with Crippen LogP contribution in [0.3, 0.4) is 0 Å². The molecule has 0 amide bonds. The van der Waals surface area contributed by atoms with Crippen LogP contribution in [-0.4, -0.2) is 46.6 Å². The van der Waals surface area contributed by atoms with E-state index in [4.69, 9.17) is 0 Å². The Morgan fingerprint density at radius 1 is 1.25 bits per heavy atom. The number of nitrogens with zero attached hydrogens (tertiary/aromatic N) is 3. The molecule has 2 aromatic rings. The molecule has 1 aliphatic heterocycles. The number of H-pyrrole nitrogens is 1. The molecular formula is C18H25N5O4S. The normalized spacial score (nSPS) is 17.4. The second kappa shape index (κ2) is 7.88.